The third kappa shape index (κ3) is 3.42. The molecule has 0 atom stereocenters. The van der Waals surface area contributed by atoms with Gasteiger partial charge in [0.2, 0.25) is 0 Å². The summed E-state index contributed by atoms with van der Waals surface area (Å²) >= 11 is 0. The van der Waals surface area contributed by atoms with Gasteiger partial charge in [-0.1, -0.05) is 18.2 Å². The summed E-state index contributed by atoms with van der Waals surface area (Å²) in [6.07, 6.45) is -0.00877. The van der Waals surface area contributed by atoms with Gasteiger partial charge in [0.1, 0.15) is 5.75 Å². The van der Waals surface area contributed by atoms with E-state index in [1.54, 1.807) is 37.4 Å². The van der Waals surface area contributed by atoms with Crippen LogP contribution in [0.15, 0.2) is 42.5 Å². The molecule has 0 unspecified atom stereocenters. The average molecular weight is 340 g/mol. The van der Waals surface area contributed by atoms with E-state index < -0.39 is 0 Å². The molecule has 2 amide bonds. The Labute approximate surface area is 146 Å². The van der Waals surface area contributed by atoms with E-state index in [9.17, 15) is 9.59 Å². The minimum atomic E-state index is -0.320. The second kappa shape index (κ2) is 6.84. The lowest BCUT2D eigenvalue weighted by atomic mass is 10.1. The molecule has 2 aromatic carbocycles. The summed E-state index contributed by atoms with van der Waals surface area (Å²) in [5.41, 5.74) is 1.53. The number of nitrogens with one attached hydrogen (secondary N) is 1. The van der Waals surface area contributed by atoms with Crippen molar-refractivity contribution in [3.8, 4) is 11.5 Å². The quantitative estimate of drug-likeness (QED) is 0.929. The van der Waals surface area contributed by atoms with Crippen molar-refractivity contribution in [2.24, 2.45) is 0 Å². The van der Waals surface area contributed by atoms with Gasteiger partial charge < -0.3 is 19.7 Å². The maximum Gasteiger partial charge on any atom is 0.264 e. The number of hydrogen-bond donors (Lipinski definition) is 1. The topological polar surface area (TPSA) is 67.9 Å². The summed E-state index contributed by atoms with van der Waals surface area (Å²) in [4.78, 5) is 26.0. The Morgan fingerprint density at radius 3 is 2.72 bits per heavy atom. The highest BCUT2D eigenvalue weighted by molar-refractivity contribution is 6.09. The summed E-state index contributed by atoms with van der Waals surface area (Å²) in [5, 5.41) is 2.86. The summed E-state index contributed by atoms with van der Waals surface area (Å²) in [7, 11) is 1.66. The van der Waals surface area contributed by atoms with Crippen molar-refractivity contribution in [2.75, 3.05) is 23.9 Å². The maximum atomic E-state index is 12.8. The van der Waals surface area contributed by atoms with Gasteiger partial charge in [0.25, 0.3) is 11.8 Å². The Morgan fingerprint density at radius 2 is 1.96 bits per heavy atom. The second-order valence-electron chi connectivity index (χ2n) is 6.01. The zero-order valence-electron chi connectivity index (χ0n) is 14.4. The zero-order chi connectivity index (χ0) is 18.0. The van der Waals surface area contributed by atoms with E-state index in [2.05, 4.69) is 5.32 Å². The third-order valence-corrected chi connectivity index (χ3v) is 3.81. The van der Waals surface area contributed by atoms with E-state index in [0.717, 1.165) is 0 Å². The number of nitrogens with zero attached hydrogens (tertiary/aromatic N) is 1. The first kappa shape index (κ1) is 16.8. The highest BCUT2D eigenvalue weighted by Crippen LogP contribution is 2.35. The highest BCUT2D eigenvalue weighted by atomic mass is 16.5. The van der Waals surface area contributed by atoms with Gasteiger partial charge in [0.15, 0.2) is 12.4 Å². The first-order chi connectivity index (χ1) is 12.0. The Morgan fingerprint density at radius 1 is 1.20 bits per heavy atom. The van der Waals surface area contributed by atoms with Crippen molar-refractivity contribution in [3.05, 3.63) is 48.0 Å². The van der Waals surface area contributed by atoms with Crippen LogP contribution in [0.4, 0.5) is 11.4 Å². The van der Waals surface area contributed by atoms with Crippen LogP contribution >= 0.6 is 0 Å². The summed E-state index contributed by atoms with van der Waals surface area (Å²) in [6.45, 7) is 3.76. The fourth-order valence-electron chi connectivity index (χ4n) is 2.60. The Bertz CT molecular complexity index is 817. The van der Waals surface area contributed by atoms with Crippen LogP contribution in [0.1, 0.15) is 24.2 Å². The molecule has 25 heavy (non-hydrogen) atoms. The fraction of sp³-hybridized carbons (Fsp3) is 0.263. The Hall–Kier alpha value is -3.02. The number of likely N-dealkylation sites (N-methyl/N-ethyl adjacent to an activating group) is 1. The number of amides is 2. The molecule has 1 aliphatic rings. The molecule has 0 saturated heterocycles. The number of fused-ring (bicyclic) bond motifs is 1. The molecule has 3 rings (SSSR count). The van der Waals surface area contributed by atoms with Crippen molar-refractivity contribution < 1.29 is 19.1 Å². The fourth-order valence-corrected chi connectivity index (χ4v) is 2.60. The minimum absolute atomic E-state index is 0.00877. The molecule has 1 heterocycles. The van der Waals surface area contributed by atoms with Gasteiger partial charge in [-0.25, -0.2) is 0 Å². The molecule has 0 fully saturated rings. The van der Waals surface area contributed by atoms with Crippen LogP contribution < -0.4 is 19.7 Å². The van der Waals surface area contributed by atoms with Crippen LogP contribution in [-0.4, -0.2) is 31.6 Å². The van der Waals surface area contributed by atoms with Crippen LogP contribution in [0, 0.1) is 0 Å². The Balaban J connectivity index is 1.90. The van der Waals surface area contributed by atoms with Gasteiger partial charge in [0.05, 0.1) is 23.0 Å². The molecular formula is C19H20N2O4. The van der Waals surface area contributed by atoms with E-state index in [4.69, 9.17) is 9.47 Å². The average Bonchev–Trinajstić information content (AvgIpc) is 2.59. The molecule has 6 nitrogen and oxygen atoms in total. The van der Waals surface area contributed by atoms with E-state index in [1.807, 2.05) is 26.0 Å². The Kier molecular flexibility index (Phi) is 4.61. The molecule has 0 aliphatic carbocycles. The normalized spacial score (nSPS) is 13.3. The number of ether oxygens (including phenoxy) is 2. The lowest BCUT2D eigenvalue weighted by Gasteiger charge is -2.27. The molecule has 0 saturated carbocycles. The predicted molar refractivity (Wildman–Crippen MR) is 95.5 cm³/mol. The molecule has 6 heteroatoms. The SMILES string of the molecule is CC(C)Oc1ccccc1NC(=O)c1cccc2c1OCC(=O)N2C. The molecule has 0 bridgehead atoms. The van der Waals surface area contributed by atoms with Crippen LogP contribution in [0.5, 0.6) is 11.5 Å². The van der Waals surface area contributed by atoms with Crippen LogP contribution in [0.3, 0.4) is 0 Å². The van der Waals surface area contributed by atoms with E-state index >= 15 is 0 Å². The molecule has 2 aromatic rings. The zero-order valence-corrected chi connectivity index (χ0v) is 14.4. The molecule has 0 aromatic heterocycles. The van der Waals surface area contributed by atoms with Crippen molar-refractivity contribution in [3.63, 3.8) is 0 Å². The molecule has 1 aliphatic heterocycles. The third-order valence-electron chi connectivity index (χ3n) is 3.81. The van der Waals surface area contributed by atoms with Crippen LogP contribution in [0.25, 0.3) is 0 Å². The highest BCUT2D eigenvalue weighted by Gasteiger charge is 2.27. The van der Waals surface area contributed by atoms with Crippen LogP contribution in [-0.2, 0) is 4.79 Å². The largest absolute Gasteiger partial charge is 0.489 e. The van der Waals surface area contributed by atoms with E-state index in [0.29, 0.717) is 28.4 Å². The first-order valence-corrected chi connectivity index (χ1v) is 8.06. The number of rotatable bonds is 4. The minimum Gasteiger partial charge on any atom is -0.489 e. The number of para-hydroxylation sites is 3. The number of carbonyl (C=O) groups is 2. The number of carbonyl (C=O) groups excluding carboxylic acids is 2. The van der Waals surface area contributed by atoms with Crippen LogP contribution in [0.2, 0.25) is 0 Å². The van der Waals surface area contributed by atoms with Crippen molar-refractivity contribution in [2.45, 2.75) is 20.0 Å². The lowest BCUT2D eigenvalue weighted by molar-refractivity contribution is -0.121. The monoisotopic (exact) mass is 340 g/mol. The van der Waals surface area contributed by atoms with E-state index in [1.165, 1.54) is 4.90 Å². The molecule has 1 N–H and O–H groups in total. The summed E-state index contributed by atoms with van der Waals surface area (Å²) < 4.78 is 11.2. The summed E-state index contributed by atoms with van der Waals surface area (Å²) in [6, 6.07) is 12.4. The predicted octanol–water partition coefficient (Wildman–Crippen LogP) is 3.08. The van der Waals surface area contributed by atoms with Crippen molar-refractivity contribution >= 4 is 23.2 Å². The standard InChI is InChI=1S/C19H20N2O4/c1-12(2)25-16-10-5-4-8-14(16)20-19(23)13-7-6-9-15-18(13)24-11-17(22)21(15)3/h4-10,12H,11H2,1-3H3,(H,20,23). The van der Waals surface area contributed by atoms with Crippen molar-refractivity contribution in [1.82, 2.24) is 0 Å². The number of hydrogen-bond acceptors (Lipinski definition) is 4. The smallest absolute Gasteiger partial charge is 0.264 e. The second-order valence-corrected chi connectivity index (χ2v) is 6.01. The molecule has 0 spiro atoms. The van der Waals surface area contributed by atoms with Gasteiger partial charge in [0, 0.05) is 7.05 Å². The first-order valence-electron chi connectivity index (χ1n) is 8.06. The van der Waals surface area contributed by atoms with Gasteiger partial charge in [-0.05, 0) is 38.1 Å². The van der Waals surface area contributed by atoms with Gasteiger partial charge in [-0.3, -0.25) is 9.59 Å². The van der Waals surface area contributed by atoms with Gasteiger partial charge in [-0.2, -0.15) is 0 Å². The molecular weight excluding hydrogens is 320 g/mol. The number of anilines is 2. The molecule has 0 radical (unpaired) electrons. The van der Waals surface area contributed by atoms with Crippen molar-refractivity contribution in [1.29, 1.82) is 0 Å². The lowest BCUT2D eigenvalue weighted by Crippen LogP contribution is -2.36. The van der Waals surface area contributed by atoms with E-state index in [-0.39, 0.29) is 24.5 Å². The molecule has 130 valence electrons. The maximum absolute atomic E-state index is 12.8. The van der Waals surface area contributed by atoms with Gasteiger partial charge >= 0.3 is 0 Å². The number of benzene rings is 2. The van der Waals surface area contributed by atoms with Gasteiger partial charge in [-0.15, -0.1) is 0 Å². The summed E-state index contributed by atoms with van der Waals surface area (Å²) in [5.74, 6) is 0.536.